The predicted molar refractivity (Wildman–Crippen MR) is 77.6 cm³/mol. The quantitative estimate of drug-likeness (QED) is 0.720. The van der Waals surface area contributed by atoms with Gasteiger partial charge < -0.3 is 0 Å². The van der Waals surface area contributed by atoms with Gasteiger partial charge in [-0.1, -0.05) is 45.0 Å². The third kappa shape index (κ3) is 2.54. The minimum absolute atomic E-state index is 0.0165. The van der Waals surface area contributed by atoms with Gasteiger partial charge in [0.25, 0.3) is 0 Å². The van der Waals surface area contributed by atoms with E-state index in [0.29, 0.717) is 0 Å². The molecule has 0 N–H and O–H groups in total. The Morgan fingerprint density at radius 3 is 2.39 bits per heavy atom. The van der Waals surface area contributed by atoms with Gasteiger partial charge in [0.1, 0.15) is 0 Å². The highest BCUT2D eigenvalue weighted by molar-refractivity contribution is 7.10. The average molecular weight is 258 g/mol. The molecule has 0 aliphatic carbocycles. The fourth-order valence-corrected chi connectivity index (χ4v) is 2.74. The number of hydrogen-bond donors (Lipinski definition) is 0. The highest BCUT2D eigenvalue weighted by Crippen LogP contribution is 2.28. The molecule has 0 atom stereocenters. The second-order valence-electron chi connectivity index (χ2n) is 5.57. The van der Waals surface area contributed by atoms with E-state index in [-0.39, 0.29) is 11.2 Å². The molecule has 1 aromatic heterocycles. The first-order valence-electron chi connectivity index (χ1n) is 6.09. The van der Waals surface area contributed by atoms with Crippen molar-refractivity contribution >= 4 is 17.1 Å². The van der Waals surface area contributed by atoms with Gasteiger partial charge in [0.15, 0.2) is 5.78 Å². The zero-order valence-corrected chi connectivity index (χ0v) is 12.1. The van der Waals surface area contributed by atoms with Crippen molar-refractivity contribution in [3.05, 3.63) is 57.3 Å². The van der Waals surface area contributed by atoms with E-state index in [4.69, 9.17) is 0 Å². The largest absolute Gasteiger partial charge is 0.289 e. The number of aryl methyl sites for hydroxylation is 1. The lowest BCUT2D eigenvalue weighted by Gasteiger charge is -2.22. The van der Waals surface area contributed by atoms with Crippen LogP contribution in [0, 0.1) is 6.92 Å². The Balaban J connectivity index is 2.49. The first-order valence-corrected chi connectivity index (χ1v) is 6.97. The first-order chi connectivity index (χ1) is 8.39. The van der Waals surface area contributed by atoms with Crippen LogP contribution in [0.4, 0.5) is 0 Å². The Hall–Kier alpha value is -1.41. The second-order valence-corrected chi connectivity index (χ2v) is 6.69. The zero-order chi connectivity index (χ0) is 13.3. The van der Waals surface area contributed by atoms with Crippen molar-refractivity contribution in [1.82, 2.24) is 0 Å². The summed E-state index contributed by atoms with van der Waals surface area (Å²) >= 11 is 1.62. The third-order valence-electron chi connectivity index (χ3n) is 2.97. The van der Waals surface area contributed by atoms with Crippen molar-refractivity contribution in [2.75, 3.05) is 0 Å². The Bertz CT molecular complexity index is 573. The van der Waals surface area contributed by atoms with Crippen LogP contribution in [0.3, 0.4) is 0 Å². The van der Waals surface area contributed by atoms with E-state index in [1.807, 2.05) is 42.6 Å². The molecule has 0 radical (unpaired) electrons. The molecule has 18 heavy (non-hydrogen) atoms. The highest BCUT2D eigenvalue weighted by Gasteiger charge is 2.22. The van der Waals surface area contributed by atoms with Crippen molar-refractivity contribution in [2.24, 2.45) is 0 Å². The lowest BCUT2D eigenvalue weighted by molar-refractivity contribution is 0.103. The van der Waals surface area contributed by atoms with E-state index in [0.717, 1.165) is 16.7 Å². The van der Waals surface area contributed by atoms with Crippen LogP contribution >= 0.6 is 11.3 Å². The molecule has 0 spiro atoms. The minimum atomic E-state index is -0.0165. The summed E-state index contributed by atoms with van der Waals surface area (Å²) in [5.41, 5.74) is 2.72. The topological polar surface area (TPSA) is 17.1 Å². The van der Waals surface area contributed by atoms with E-state index in [2.05, 4.69) is 20.8 Å². The molecule has 0 aliphatic rings. The van der Waals surface area contributed by atoms with Gasteiger partial charge in [0.2, 0.25) is 0 Å². The fraction of sp³-hybridized carbons (Fsp3) is 0.312. The molecule has 0 saturated carbocycles. The molecule has 0 saturated heterocycles. The molecule has 1 nitrogen and oxygen atoms in total. The lowest BCUT2D eigenvalue weighted by Crippen LogP contribution is -2.17. The molecule has 2 rings (SSSR count). The average Bonchev–Trinajstić information content (AvgIpc) is 2.74. The first kappa shape index (κ1) is 13.0. The summed E-state index contributed by atoms with van der Waals surface area (Å²) in [6.07, 6.45) is 0. The maximum atomic E-state index is 12.5. The Kier molecular flexibility index (Phi) is 3.40. The van der Waals surface area contributed by atoms with Crippen LogP contribution in [-0.2, 0) is 5.41 Å². The number of benzene rings is 1. The van der Waals surface area contributed by atoms with Crippen LogP contribution in [0.15, 0.2) is 35.7 Å². The SMILES string of the molecule is Cc1cc(C(=O)c2ccccc2C(C)(C)C)cs1. The summed E-state index contributed by atoms with van der Waals surface area (Å²) < 4.78 is 0. The Labute approximate surface area is 112 Å². The van der Waals surface area contributed by atoms with E-state index < -0.39 is 0 Å². The van der Waals surface area contributed by atoms with Gasteiger partial charge in [-0.25, -0.2) is 0 Å². The summed E-state index contributed by atoms with van der Waals surface area (Å²) in [4.78, 5) is 13.7. The summed E-state index contributed by atoms with van der Waals surface area (Å²) in [5, 5.41) is 1.94. The number of hydrogen-bond acceptors (Lipinski definition) is 2. The standard InChI is InChI=1S/C16H18OS/c1-11-9-12(10-18-11)15(17)13-7-5-6-8-14(13)16(2,3)4/h5-10H,1-4H3. The monoisotopic (exact) mass is 258 g/mol. The van der Waals surface area contributed by atoms with Crippen LogP contribution in [0.2, 0.25) is 0 Å². The fourth-order valence-electron chi connectivity index (χ4n) is 2.05. The van der Waals surface area contributed by atoms with Gasteiger partial charge >= 0.3 is 0 Å². The Morgan fingerprint density at radius 1 is 1.17 bits per heavy atom. The van der Waals surface area contributed by atoms with E-state index in [9.17, 15) is 4.79 Å². The zero-order valence-electron chi connectivity index (χ0n) is 11.3. The summed E-state index contributed by atoms with van der Waals surface area (Å²) in [6.45, 7) is 8.44. The van der Waals surface area contributed by atoms with Gasteiger partial charge in [-0.2, -0.15) is 0 Å². The van der Waals surface area contributed by atoms with Gasteiger partial charge in [-0.15, -0.1) is 11.3 Å². The van der Waals surface area contributed by atoms with Crippen molar-refractivity contribution in [2.45, 2.75) is 33.1 Å². The van der Waals surface area contributed by atoms with Crippen LogP contribution < -0.4 is 0 Å². The highest BCUT2D eigenvalue weighted by atomic mass is 32.1. The molecular weight excluding hydrogens is 240 g/mol. The van der Waals surface area contributed by atoms with Gasteiger partial charge in [0.05, 0.1) is 0 Å². The molecule has 2 heteroatoms. The second kappa shape index (κ2) is 4.69. The minimum Gasteiger partial charge on any atom is -0.289 e. The molecule has 0 bridgehead atoms. The molecule has 94 valence electrons. The number of carbonyl (C=O) groups excluding carboxylic acids is 1. The summed E-state index contributed by atoms with van der Waals surface area (Å²) in [7, 11) is 0. The van der Waals surface area contributed by atoms with Gasteiger partial charge in [-0.05, 0) is 24.0 Å². The molecule has 1 heterocycles. The van der Waals surface area contributed by atoms with Crippen molar-refractivity contribution in [3.8, 4) is 0 Å². The number of rotatable bonds is 2. The molecule has 0 amide bonds. The normalized spacial score (nSPS) is 11.6. The van der Waals surface area contributed by atoms with E-state index >= 15 is 0 Å². The molecule has 2 aromatic rings. The molecule has 0 fully saturated rings. The molecule has 1 aromatic carbocycles. The van der Waals surface area contributed by atoms with E-state index in [1.165, 1.54) is 4.88 Å². The van der Waals surface area contributed by atoms with Crippen LogP contribution in [0.5, 0.6) is 0 Å². The molecular formula is C16H18OS. The van der Waals surface area contributed by atoms with Crippen molar-refractivity contribution in [3.63, 3.8) is 0 Å². The maximum Gasteiger partial charge on any atom is 0.194 e. The summed E-state index contributed by atoms with van der Waals surface area (Å²) in [5.74, 6) is 0.130. The number of ketones is 1. The predicted octanol–water partition coefficient (Wildman–Crippen LogP) is 4.59. The Morgan fingerprint density at radius 2 is 1.83 bits per heavy atom. The van der Waals surface area contributed by atoms with Crippen molar-refractivity contribution in [1.29, 1.82) is 0 Å². The lowest BCUT2D eigenvalue weighted by atomic mass is 9.82. The summed E-state index contributed by atoms with van der Waals surface area (Å²) in [6, 6.07) is 9.87. The van der Waals surface area contributed by atoms with Gasteiger partial charge in [-0.3, -0.25) is 4.79 Å². The van der Waals surface area contributed by atoms with Crippen LogP contribution in [0.25, 0.3) is 0 Å². The third-order valence-corrected chi connectivity index (χ3v) is 3.83. The van der Waals surface area contributed by atoms with Crippen molar-refractivity contribution < 1.29 is 4.79 Å². The van der Waals surface area contributed by atoms with Gasteiger partial charge in [0, 0.05) is 21.4 Å². The molecule has 0 unspecified atom stereocenters. The number of carbonyl (C=O) groups is 1. The van der Waals surface area contributed by atoms with E-state index in [1.54, 1.807) is 11.3 Å². The number of thiophene rings is 1. The smallest absolute Gasteiger partial charge is 0.194 e. The maximum absolute atomic E-state index is 12.5. The van der Waals surface area contributed by atoms with Crippen LogP contribution in [0.1, 0.15) is 47.1 Å². The van der Waals surface area contributed by atoms with Crippen LogP contribution in [-0.4, -0.2) is 5.78 Å². The molecule has 0 aliphatic heterocycles.